The van der Waals surface area contributed by atoms with E-state index in [4.69, 9.17) is 4.74 Å². The van der Waals surface area contributed by atoms with Crippen LogP contribution in [0.1, 0.15) is 32.8 Å². The van der Waals surface area contributed by atoms with Gasteiger partial charge in [0.1, 0.15) is 11.5 Å². The van der Waals surface area contributed by atoms with Crippen LogP contribution in [0, 0.1) is 24.0 Å². The maximum atomic E-state index is 16.2. The van der Waals surface area contributed by atoms with E-state index in [1.54, 1.807) is 42.5 Å². The van der Waals surface area contributed by atoms with Gasteiger partial charge in [-0.05, 0) is 30.5 Å². The summed E-state index contributed by atoms with van der Waals surface area (Å²) in [6, 6.07) is 15.3. The lowest BCUT2D eigenvalue weighted by atomic mass is 9.84. The minimum Gasteiger partial charge on any atom is -0.469 e. The number of rotatable bonds is 8. The number of nitrogens with one attached hydrogen (secondary N) is 1. The minimum absolute atomic E-state index is 0.000795. The number of halogens is 2. The summed E-state index contributed by atoms with van der Waals surface area (Å²) in [5.41, 5.74) is 0.750. The number of anilines is 1. The van der Waals surface area contributed by atoms with Gasteiger partial charge in [0.05, 0.1) is 24.6 Å². The SMILES string of the molecule is COC(=O)C[C@@H](Nc1nc(-c2cn(S(=O)(=O)c3ccc(C)cc3)c3ncc(F)cc23)nc(-c2ccccc2)c1F)C(C)(C)C. The highest BCUT2D eigenvalue weighted by Gasteiger charge is 2.31. The third-order valence-corrected chi connectivity index (χ3v) is 8.91. The van der Waals surface area contributed by atoms with Gasteiger partial charge in [0.25, 0.3) is 10.0 Å². The molecular weight excluding hydrogens is 588 g/mol. The molecule has 0 fully saturated rings. The molecule has 12 heteroatoms. The monoisotopic (exact) mass is 619 g/mol. The van der Waals surface area contributed by atoms with Crippen molar-refractivity contribution in [2.24, 2.45) is 5.41 Å². The van der Waals surface area contributed by atoms with Crippen molar-refractivity contribution >= 4 is 32.8 Å². The number of aromatic nitrogens is 4. The Labute approximate surface area is 254 Å². The van der Waals surface area contributed by atoms with E-state index < -0.39 is 39.1 Å². The molecule has 1 atom stereocenters. The van der Waals surface area contributed by atoms with Crippen molar-refractivity contribution in [1.29, 1.82) is 0 Å². The second kappa shape index (κ2) is 11.8. The Bertz CT molecular complexity index is 1960. The van der Waals surface area contributed by atoms with Crippen LogP contribution in [0.4, 0.5) is 14.6 Å². The first-order chi connectivity index (χ1) is 20.8. The Kier molecular flexibility index (Phi) is 8.21. The number of benzene rings is 2. The zero-order valence-electron chi connectivity index (χ0n) is 24.8. The molecule has 3 aromatic heterocycles. The number of hydrogen-bond acceptors (Lipinski definition) is 8. The van der Waals surface area contributed by atoms with E-state index in [0.29, 0.717) is 5.56 Å². The van der Waals surface area contributed by atoms with Crippen LogP contribution in [0.2, 0.25) is 0 Å². The first-order valence-electron chi connectivity index (χ1n) is 13.7. The summed E-state index contributed by atoms with van der Waals surface area (Å²) in [5, 5.41) is 3.17. The highest BCUT2D eigenvalue weighted by atomic mass is 32.2. The van der Waals surface area contributed by atoms with E-state index in [2.05, 4.69) is 20.3 Å². The smallest absolute Gasteiger partial charge is 0.307 e. The van der Waals surface area contributed by atoms with E-state index in [1.807, 2.05) is 27.7 Å². The van der Waals surface area contributed by atoms with Crippen LogP contribution in [0.3, 0.4) is 0 Å². The number of fused-ring (bicyclic) bond motifs is 1. The molecule has 5 aromatic rings. The molecule has 3 heterocycles. The third kappa shape index (κ3) is 6.02. The number of carbonyl (C=O) groups is 1. The number of pyridine rings is 1. The van der Waals surface area contributed by atoms with Crippen molar-refractivity contribution in [3.63, 3.8) is 0 Å². The van der Waals surface area contributed by atoms with E-state index in [-0.39, 0.29) is 45.2 Å². The average molecular weight is 620 g/mol. The van der Waals surface area contributed by atoms with Crippen LogP contribution in [0.15, 0.2) is 78.0 Å². The van der Waals surface area contributed by atoms with Gasteiger partial charge >= 0.3 is 5.97 Å². The standard InChI is InChI=1S/C32H31F2N5O4S/c1-19-11-13-22(14-12-19)44(41,42)39-18-24(23-15-21(33)17-35-31(23)39)29-37-28(20-9-7-6-8-10-20)27(34)30(38-29)36-25(32(2,3)4)16-26(40)43-5/h6-15,17-18,25H,16H2,1-5H3,(H,36,37,38)/t25-/m1/s1. The molecular formula is C32H31F2N5O4S. The van der Waals surface area contributed by atoms with Gasteiger partial charge in [0, 0.05) is 28.8 Å². The molecule has 0 bridgehead atoms. The molecule has 228 valence electrons. The lowest BCUT2D eigenvalue weighted by molar-refractivity contribution is -0.141. The molecule has 2 aromatic carbocycles. The molecule has 9 nitrogen and oxygen atoms in total. The van der Waals surface area contributed by atoms with Crippen LogP contribution in [0.5, 0.6) is 0 Å². The second-order valence-corrected chi connectivity index (χ2v) is 13.3. The van der Waals surface area contributed by atoms with Gasteiger partial charge in [-0.3, -0.25) is 4.79 Å². The maximum absolute atomic E-state index is 16.2. The quantitative estimate of drug-likeness (QED) is 0.199. The Morgan fingerprint density at radius 3 is 2.36 bits per heavy atom. The summed E-state index contributed by atoms with van der Waals surface area (Å²) in [6.45, 7) is 7.47. The largest absolute Gasteiger partial charge is 0.469 e. The molecule has 0 amide bonds. The minimum atomic E-state index is -4.18. The van der Waals surface area contributed by atoms with Crippen LogP contribution in [-0.4, -0.2) is 46.5 Å². The lowest BCUT2D eigenvalue weighted by Crippen LogP contribution is -2.37. The fourth-order valence-electron chi connectivity index (χ4n) is 4.68. The molecule has 0 aliphatic rings. The van der Waals surface area contributed by atoms with Gasteiger partial charge in [-0.15, -0.1) is 0 Å². The molecule has 5 rings (SSSR count). The Morgan fingerprint density at radius 1 is 1.05 bits per heavy atom. The molecule has 44 heavy (non-hydrogen) atoms. The summed E-state index contributed by atoms with van der Waals surface area (Å²) in [5.74, 6) is -2.28. The number of aryl methyl sites for hydroxylation is 1. The van der Waals surface area contributed by atoms with Gasteiger partial charge in [-0.2, -0.15) is 0 Å². The number of methoxy groups -OCH3 is 1. The highest BCUT2D eigenvalue weighted by molar-refractivity contribution is 7.90. The van der Waals surface area contributed by atoms with Crippen LogP contribution < -0.4 is 5.32 Å². The molecule has 0 aliphatic heterocycles. The van der Waals surface area contributed by atoms with Crippen molar-refractivity contribution in [3.8, 4) is 22.6 Å². The zero-order chi connectivity index (χ0) is 31.8. The number of nitrogens with zero attached hydrogens (tertiary/aromatic N) is 4. The zero-order valence-corrected chi connectivity index (χ0v) is 25.6. The summed E-state index contributed by atoms with van der Waals surface area (Å²) in [6.07, 6.45) is 2.10. The van der Waals surface area contributed by atoms with E-state index in [1.165, 1.54) is 25.4 Å². The van der Waals surface area contributed by atoms with Gasteiger partial charge in [0.15, 0.2) is 23.1 Å². The fourth-order valence-corrected chi connectivity index (χ4v) is 6.00. The van der Waals surface area contributed by atoms with E-state index in [0.717, 1.165) is 21.8 Å². The third-order valence-electron chi connectivity index (χ3n) is 7.25. The molecule has 0 saturated carbocycles. The summed E-state index contributed by atoms with van der Waals surface area (Å²) in [7, 11) is -2.91. The number of hydrogen-bond donors (Lipinski definition) is 1. The molecule has 1 N–H and O–H groups in total. The molecule has 0 aliphatic carbocycles. The number of ether oxygens (including phenoxy) is 1. The molecule has 0 unspecified atom stereocenters. The Hall–Kier alpha value is -4.71. The van der Waals surface area contributed by atoms with Crippen molar-refractivity contribution in [3.05, 3.63) is 90.3 Å². The lowest BCUT2D eigenvalue weighted by Gasteiger charge is -2.31. The molecule has 0 saturated heterocycles. The van der Waals surface area contributed by atoms with E-state index >= 15 is 4.39 Å². The van der Waals surface area contributed by atoms with Crippen LogP contribution in [-0.2, 0) is 19.6 Å². The van der Waals surface area contributed by atoms with Crippen molar-refractivity contribution in [1.82, 2.24) is 18.9 Å². The summed E-state index contributed by atoms with van der Waals surface area (Å²) < 4.78 is 64.1. The first kappa shape index (κ1) is 30.7. The van der Waals surface area contributed by atoms with Gasteiger partial charge < -0.3 is 10.1 Å². The number of esters is 1. The first-order valence-corrected chi connectivity index (χ1v) is 15.2. The van der Waals surface area contributed by atoms with Crippen molar-refractivity contribution in [2.75, 3.05) is 12.4 Å². The predicted molar refractivity (Wildman–Crippen MR) is 163 cm³/mol. The van der Waals surface area contributed by atoms with E-state index in [9.17, 15) is 17.6 Å². The van der Waals surface area contributed by atoms with Gasteiger partial charge in [0.2, 0.25) is 0 Å². The molecule has 0 radical (unpaired) electrons. The Balaban J connectivity index is 1.75. The fraction of sp³-hybridized carbons (Fsp3) is 0.250. The summed E-state index contributed by atoms with van der Waals surface area (Å²) >= 11 is 0. The average Bonchev–Trinajstić information content (AvgIpc) is 3.37. The van der Waals surface area contributed by atoms with Gasteiger partial charge in [-0.1, -0.05) is 68.8 Å². The number of carbonyl (C=O) groups excluding carboxylic acids is 1. The van der Waals surface area contributed by atoms with Crippen LogP contribution >= 0.6 is 0 Å². The van der Waals surface area contributed by atoms with Crippen molar-refractivity contribution < 1.29 is 26.7 Å². The maximum Gasteiger partial charge on any atom is 0.307 e. The highest BCUT2D eigenvalue weighted by Crippen LogP contribution is 2.36. The predicted octanol–water partition coefficient (Wildman–Crippen LogP) is 6.37. The van der Waals surface area contributed by atoms with Gasteiger partial charge in [-0.25, -0.2) is 36.1 Å². The second-order valence-electron chi connectivity index (χ2n) is 11.4. The Morgan fingerprint density at radius 2 is 1.73 bits per heavy atom. The van der Waals surface area contributed by atoms with Crippen molar-refractivity contribution in [2.45, 2.75) is 45.1 Å². The van der Waals surface area contributed by atoms with Crippen LogP contribution in [0.25, 0.3) is 33.7 Å². The molecule has 0 spiro atoms. The normalized spacial score (nSPS) is 12.7. The topological polar surface area (TPSA) is 116 Å². The summed E-state index contributed by atoms with van der Waals surface area (Å²) in [4.78, 5) is 25.3.